The van der Waals surface area contributed by atoms with Crippen molar-refractivity contribution in [3.63, 3.8) is 0 Å². The minimum atomic E-state index is -0.135. The van der Waals surface area contributed by atoms with Gasteiger partial charge in [0.1, 0.15) is 0 Å². The van der Waals surface area contributed by atoms with Gasteiger partial charge < -0.3 is 25.0 Å². The number of aryl methyl sites for hydroxylation is 1. The van der Waals surface area contributed by atoms with Crippen LogP contribution in [-0.2, 0) is 9.47 Å². The fourth-order valence-electron chi connectivity index (χ4n) is 4.55. The van der Waals surface area contributed by atoms with Crippen LogP contribution in [-0.4, -0.2) is 74.9 Å². The van der Waals surface area contributed by atoms with Crippen LogP contribution >= 0.6 is 0 Å². The molecule has 0 unspecified atom stereocenters. The largest absolute Gasteiger partial charge is 0.383 e. The maximum atomic E-state index is 13.1. The molecule has 7 nitrogen and oxygen atoms in total. The zero-order valence-electron chi connectivity index (χ0n) is 19.1. The van der Waals surface area contributed by atoms with E-state index in [0.29, 0.717) is 30.3 Å². The zero-order chi connectivity index (χ0) is 22.2. The first-order chi connectivity index (χ1) is 15.0. The van der Waals surface area contributed by atoms with E-state index in [4.69, 9.17) is 9.47 Å². The Labute approximate surface area is 185 Å². The van der Waals surface area contributed by atoms with Gasteiger partial charge in [0.2, 0.25) is 0 Å². The van der Waals surface area contributed by atoms with E-state index in [1.165, 1.54) is 0 Å². The van der Waals surface area contributed by atoms with Gasteiger partial charge in [0.05, 0.1) is 18.8 Å². The summed E-state index contributed by atoms with van der Waals surface area (Å²) in [5, 5.41) is 6.48. The van der Waals surface area contributed by atoms with Crippen molar-refractivity contribution in [3.8, 4) is 0 Å². The maximum Gasteiger partial charge on any atom is 0.254 e. The normalized spacial score (nSPS) is 23.3. The monoisotopic (exact) mass is 431 g/mol. The standard InChI is InChI=1S/C24H37N3O4/c1-4-10-31-22-14-20(26-15-22)7-8-25-23(28)18-11-17(2)12-19(13-18)24(29)27-9-5-6-21(27)16-30-3/h11-13,20-22,26H,4-10,14-16H2,1-3H3,(H,25,28)/t20-,21+,22+/m0/s1. The van der Waals surface area contributed by atoms with E-state index in [0.717, 1.165) is 57.4 Å². The van der Waals surface area contributed by atoms with Crippen LogP contribution in [0, 0.1) is 6.92 Å². The van der Waals surface area contributed by atoms with Crippen LogP contribution in [0.3, 0.4) is 0 Å². The molecule has 1 aromatic carbocycles. The molecule has 2 amide bonds. The third-order valence-corrected chi connectivity index (χ3v) is 6.10. The molecule has 1 aromatic rings. The predicted molar refractivity (Wildman–Crippen MR) is 121 cm³/mol. The smallest absolute Gasteiger partial charge is 0.254 e. The highest BCUT2D eigenvalue weighted by Gasteiger charge is 2.30. The summed E-state index contributed by atoms with van der Waals surface area (Å²) in [7, 11) is 1.66. The molecule has 3 rings (SSSR count). The quantitative estimate of drug-likeness (QED) is 0.595. The van der Waals surface area contributed by atoms with E-state index >= 15 is 0 Å². The van der Waals surface area contributed by atoms with Gasteiger partial charge in [-0.2, -0.15) is 0 Å². The summed E-state index contributed by atoms with van der Waals surface area (Å²) in [6.07, 6.45) is 5.09. The van der Waals surface area contributed by atoms with Crippen molar-refractivity contribution < 1.29 is 19.1 Å². The van der Waals surface area contributed by atoms with Gasteiger partial charge in [-0.3, -0.25) is 9.59 Å². The first kappa shape index (κ1) is 23.7. The summed E-state index contributed by atoms with van der Waals surface area (Å²) in [5.74, 6) is -0.157. The Morgan fingerprint density at radius 3 is 2.84 bits per heavy atom. The zero-order valence-corrected chi connectivity index (χ0v) is 19.1. The topological polar surface area (TPSA) is 79.9 Å². The van der Waals surface area contributed by atoms with E-state index in [-0.39, 0.29) is 24.0 Å². The molecule has 31 heavy (non-hydrogen) atoms. The van der Waals surface area contributed by atoms with Crippen molar-refractivity contribution in [2.45, 2.75) is 64.1 Å². The second-order valence-corrected chi connectivity index (χ2v) is 8.72. The molecule has 0 bridgehead atoms. The van der Waals surface area contributed by atoms with Gasteiger partial charge in [-0.1, -0.05) is 6.92 Å². The number of nitrogens with one attached hydrogen (secondary N) is 2. The van der Waals surface area contributed by atoms with E-state index in [2.05, 4.69) is 17.6 Å². The summed E-state index contributed by atoms with van der Waals surface area (Å²) in [6.45, 7) is 7.59. The molecule has 7 heteroatoms. The van der Waals surface area contributed by atoms with Crippen molar-refractivity contribution in [1.29, 1.82) is 0 Å². The third-order valence-electron chi connectivity index (χ3n) is 6.10. The Morgan fingerprint density at radius 1 is 1.26 bits per heavy atom. The van der Waals surface area contributed by atoms with E-state index < -0.39 is 0 Å². The highest BCUT2D eigenvalue weighted by Crippen LogP contribution is 2.22. The van der Waals surface area contributed by atoms with Gasteiger partial charge in [-0.15, -0.1) is 0 Å². The number of likely N-dealkylation sites (tertiary alicyclic amines) is 1. The van der Waals surface area contributed by atoms with Crippen molar-refractivity contribution in [3.05, 3.63) is 34.9 Å². The molecule has 0 radical (unpaired) electrons. The molecule has 0 saturated carbocycles. The van der Waals surface area contributed by atoms with Crippen LogP contribution in [0.25, 0.3) is 0 Å². The van der Waals surface area contributed by atoms with Crippen molar-refractivity contribution in [1.82, 2.24) is 15.5 Å². The number of carbonyl (C=O) groups excluding carboxylic acids is 2. The fraction of sp³-hybridized carbons (Fsp3) is 0.667. The van der Waals surface area contributed by atoms with Crippen molar-refractivity contribution >= 4 is 11.8 Å². The summed E-state index contributed by atoms with van der Waals surface area (Å²) in [5.41, 5.74) is 2.02. The van der Waals surface area contributed by atoms with Gasteiger partial charge in [0.25, 0.3) is 11.8 Å². The molecular weight excluding hydrogens is 394 g/mol. The Balaban J connectivity index is 1.53. The SMILES string of the molecule is CCCO[C@H]1CN[C@@H](CCNC(=O)c2cc(C)cc(C(=O)N3CCC[C@@H]3COC)c2)C1. The lowest BCUT2D eigenvalue weighted by Gasteiger charge is -2.24. The highest BCUT2D eigenvalue weighted by molar-refractivity contribution is 6.00. The number of hydrogen-bond donors (Lipinski definition) is 2. The maximum absolute atomic E-state index is 13.1. The van der Waals surface area contributed by atoms with Gasteiger partial charge in [-0.05, 0) is 62.8 Å². The molecular formula is C24H37N3O4. The molecule has 0 aromatic heterocycles. The van der Waals surface area contributed by atoms with Crippen LogP contribution in [0.15, 0.2) is 18.2 Å². The van der Waals surface area contributed by atoms with Crippen LogP contribution in [0.2, 0.25) is 0 Å². The molecule has 3 atom stereocenters. The molecule has 0 aliphatic carbocycles. The van der Waals surface area contributed by atoms with E-state index in [1.54, 1.807) is 13.2 Å². The van der Waals surface area contributed by atoms with Crippen LogP contribution in [0.1, 0.15) is 65.3 Å². The molecule has 172 valence electrons. The Bertz CT molecular complexity index is 754. The minimum absolute atomic E-state index is 0.0226. The molecule has 0 spiro atoms. The van der Waals surface area contributed by atoms with Crippen molar-refractivity contribution in [2.75, 3.05) is 40.0 Å². The fourth-order valence-corrected chi connectivity index (χ4v) is 4.55. The number of benzene rings is 1. The Kier molecular flexibility index (Phi) is 8.87. The van der Waals surface area contributed by atoms with Crippen LogP contribution in [0.5, 0.6) is 0 Å². The molecule has 2 N–H and O–H groups in total. The number of nitrogens with zero attached hydrogens (tertiary/aromatic N) is 1. The first-order valence-electron chi connectivity index (χ1n) is 11.6. The first-order valence-corrected chi connectivity index (χ1v) is 11.6. The minimum Gasteiger partial charge on any atom is -0.383 e. The van der Waals surface area contributed by atoms with Gasteiger partial charge >= 0.3 is 0 Å². The summed E-state index contributed by atoms with van der Waals surface area (Å²) >= 11 is 0. The number of ether oxygens (including phenoxy) is 2. The Morgan fingerprint density at radius 2 is 2.06 bits per heavy atom. The predicted octanol–water partition coefficient (Wildman–Crippen LogP) is 2.52. The number of carbonyl (C=O) groups is 2. The average molecular weight is 432 g/mol. The lowest BCUT2D eigenvalue weighted by molar-refractivity contribution is 0.0630. The van der Waals surface area contributed by atoms with Gasteiger partial charge in [0.15, 0.2) is 0 Å². The second kappa shape index (κ2) is 11.6. The lowest BCUT2D eigenvalue weighted by atomic mass is 10.0. The lowest BCUT2D eigenvalue weighted by Crippen LogP contribution is -2.38. The summed E-state index contributed by atoms with van der Waals surface area (Å²) < 4.78 is 11.1. The number of rotatable bonds is 10. The Hall–Kier alpha value is -1.96. The van der Waals surface area contributed by atoms with Crippen molar-refractivity contribution in [2.24, 2.45) is 0 Å². The number of amides is 2. The van der Waals surface area contributed by atoms with E-state index in [1.807, 2.05) is 24.0 Å². The second-order valence-electron chi connectivity index (χ2n) is 8.72. The summed E-state index contributed by atoms with van der Waals surface area (Å²) in [6, 6.07) is 5.89. The number of methoxy groups -OCH3 is 1. The van der Waals surface area contributed by atoms with Gasteiger partial charge in [0, 0.05) is 50.5 Å². The average Bonchev–Trinajstić information content (AvgIpc) is 3.41. The molecule has 2 saturated heterocycles. The van der Waals surface area contributed by atoms with E-state index in [9.17, 15) is 9.59 Å². The molecule has 2 aliphatic rings. The molecule has 2 fully saturated rings. The number of hydrogen-bond acceptors (Lipinski definition) is 5. The van der Waals surface area contributed by atoms with Crippen LogP contribution in [0.4, 0.5) is 0 Å². The molecule has 2 heterocycles. The summed E-state index contributed by atoms with van der Waals surface area (Å²) in [4.78, 5) is 27.7. The molecule has 2 aliphatic heterocycles. The highest BCUT2D eigenvalue weighted by atomic mass is 16.5. The van der Waals surface area contributed by atoms with Crippen LogP contribution < -0.4 is 10.6 Å². The third kappa shape index (κ3) is 6.51. The van der Waals surface area contributed by atoms with Gasteiger partial charge in [-0.25, -0.2) is 0 Å².